The van der Waals surface area contributed by atoms with Crippen molar-refractivity contribution < 1.29 is 20.2 Å². The summed E-state index contributed by atoms with van der Waals surface area (Å²) in [5.41, 5.74) is 3.97. The van der Waals surface area contributed by atoms with Gasteiger partial charge >= 0.3 is 5.69 Å². The Hall–Kier alpha value is -2.18. The van der Waals surface area contributed by atoms with Gasteiger partial charge in [-0.2, -0.15) is 0 Å². The monoisotopic (exact) mass is 186 g/mol. The highest BCUT2D eigenvalue weighted by atomic mass is 16.6. The van der Waals surface area contributed by atoms with Crippen LogP contribution in [0.15, 0.2) is 6.07 Å². The summed E-state index contributed by atoms with van der Waals surface area (Å²) in [6.07, 6.45) is 0. The normalized spacial score (nSPS) is 9.85. The molecule has 0 bridgehead atoms. The first-order valence-corrected chi connectivity index (χ1v) is 3.13. The molecule has 0 fully saturated rings. The molecule has 7 nitrogen and oxygen atoms in total. The smallest absolute Gasteiger partial charge is 0.317 e. The van der Waals surface area contributed by atoms with E-state index < -0.39 is 27.9 Å². The first kappa shape index (κ1) is 8.91. The van der Waals surface area contributed by atoms with Crippen LogP contribution in [0.5, 0.6) is 17.2 Å². The molecule has 1 rings (SSSR count). The molecule has 0 radical (unpaired) electrons. The number of nitrogen functional groups attached to an aromatic ring is 1. The molecule has 70 valence electrons. The lowest BCUT2D eigenvalue weighted by molar-refractivity contribution is -0.385. The quantitative estimate of drug-likeness (QED) is 0.164. The summed E-state index contributed by atoms with van der Waals surface area (Å²) >= 11 is 0. The number of nitrogens with two attached hydrogens (primary N) is 1. The van der Waals surface area contributed by atoms with Crippen molar-refractivity contribution in [1.29, 1.82) is 0 Å². The van der Waals surface area contributed by atoms with Gasteiger partial charge in [-0.1, -0.05) is 0 Å². The van der Waals surface area contributed by atoms with E-state index in [-0.39, 0.29) is 5.69 Å². The Kier molecular flexibility index (Phi) is 1.85. The third-order valence-electron chi connectivity index (χ3n) is 1.45. The summed E-state index contributed by atoms with van der Waals surface area (Å²) < 4.78 is 0. The van der Waals surface area contributed by atoms with Crippen molar-refractivity contribution in [3.05, 3.63) is 16.2 Å². The Morgan fingerprint density at radius 3 is 2.23 bits per heavy atom. The molecule has 0 saturated carbocycles. The molecule has 7 heteroatoms. The summed E-state index contributed by atoms with van der Waals surface area (Å²) in [6.45, 7) is 0. The Balaban J connectivity index is 3.50. The van der Waals surface area contributed by atoms with Crippen LogP contribution in [-0.2, 0) is 0 Å². The van der Waals surface area contributed by atoms with Crippen molar-refractivity contribution >= 4 is 11.4 Å². The average molecular weight is 186 g/mol. The second-order valence-electron chi connectivity index (χ2n) is 2.29. The number of anilines is 1. The molecule has 1 aromatic rings. The van der Waals surface area contributed by atoms with Crippen molar-refractivity contribution in [3.63, 3.8) is 0 Å². The lowest BCUT2D eigenvalue weighted by atomic mass is 10.2. The number of nitrogens with zero attached hydrogens (tertiary/aromatic N) is 1. The van der Waals surface area contributed by atoms with Gasteiger partial charge in [0.25, 0.3) is 0 Å². The molecule has 0 aromatic heterocycles. The van der Waals surface area contributed by atoms with Crippen LogP contribution >= 0.6 is 0 Å². The minimum atomic E-state index is -1.00. The van der Waals surface area contributed by atoms with E-state index in [1.54, 1.807) is 0 Å². The van der Waals surface area contributed by atoms with Crippen LogP contribution in [0.2, 0.25) is 0 Å². The number of benzene rings is 1. The van der Waals surface area contributed by atoms with Crippen LogP contribution in [0, 0.1) is 10.1 Å². The fourth-order valence-electron chi connectivity index (χ4n) is 0.793. The minimum Gasteiger partial charge on any atom is -0.503 e. The van der Waals surface area contributed by atoms with Gasteiger partial charge in [0, 0.05) is 6.07 Å². The van der Waals surface area contributed by atoms with Gasteiger partial charge in [0.1, 0.15) is 0 Å². The number of phenolic OH excluding ortho intramolecular Hbond substituents is 3. The number of nitro groups is 1. The van der Waals surface area contributed by atoms with Crippen molar-refractivity contribution in [2.75, 3.05) is 5.73 Å². The van der Waals surface area contributed by atoms with Gasteiger partial charge in [0.2, 0.25) is 11.5 Å². The number of hydrogen-bond acceptors (Lipinski definition) is 6. The van der Waals surface area contributed by atoms with Gasteiger partial charge in [-0.3, -0.25) is 10.1 Å². The van der Waals surface area contributed by atoms with E-state index in [0.29, 0.717) is 0 Å². The van der Waals surface area contributed by atoms with E-state index >= 15 is 0 Å². The topological polar surface area (TPSA) is 130 Å². The molecule has 13 heavy (non-hydrogen) atoms. The zero-order valence-corrected chi connectivity index (χ0v) is 6.26. The van der Waals surface area contributed by atoms with E-state index in [2.05, 4.69) is 0 Å². The lowest BCUT2D eigenvalue weighted by Gasteiger charge is -2.03. The molecule has 0 aliphatic heterocycles. The zero-order chi connectivity index (χ0) is 10.2. The van der Waals surface area contributed by atoms with Gasteiger partial charge in [-0.05, 0) is 0 Å². The molecule has 5 N–H and O–H groups in total. The molecule has 1 aromatic carbocycles. The Bertz CT molecular complexity index is 376. The van der Waals surface area contributed by atoms with Crippen LogP contribution in [0.4, 0.5) is 11.4 Å². The molecule has 0 spiro atoms. The highest BCUT2D eigenvalue weighted by Crippen LogP contribution is 2.45. The van der Waals surface area contributed by atoms with Gasteiger partial charge in [-0.25, -0.2) is 0 Å². The number of rotatable bonds is 1. The Labute approximate surface area is 71.8 Å². The molecule has 0 heterocycles. The van der Waals surface area contributed by atoms with E-state index in [4.69, 9.17) is 21.1 Å². The molecular weight excluding hydrogens is 180 g/mol. The first-order valence-electron chi connectivity index (χ1n) is 3.13. The van der Waals surface area contributed by atoms with Crippen LogP contribution in [0.25, 0.3) is 0 Å². The van der Waals surface area contributed by atoms with Crippen molar-refractivity contribution in [2.45, 2.75) is 0 Å². The lowest BCUT2D eigenvalue weighted by Crippen LogP contribution is -1.93. The summed E-state index contributed by atoms with van der Waals surface area (Å²) in [6, 6.07) is 0.754. The average Bonchev–Trinajstić information content (AvgIpc) is 2.07. The number of aromatic hydroxyl groups is 3. The first-order chi connectivity index (χ1) is 5.95. The predicted molar refractivity (Wildman–Crippen MR) is 42.5 cm³/mol. The van der Waals surface area contributed by atoms with Crippen LogP contribution in [0.3, 0.4) is 0 Å². The van der Waals surface area contributed by atoms with Crippen LogP contribution < -0.4 is 5.73 Å². The van der Waals surface area contributed by atoms with Gasteiger partial charge in [-0.15, -0.1) is 0 Å². The molecule has 0 atom stereocenters. The van der Waals surface area contributed by atoms with Gasteiger partial charge < -0.3 is 21.1 Å². The van der Waals surface area contributed by atoms with Crippen LogP contribution in [-0.4, -0.2) is 20.2 Å². The predicted octanol–water partition coefficient (Wildman–Crippen LogP) is 0.294. The maximum absolute atomic E-state index is 10.2. The Morgan fingerprint density at radius 2 is 1.77 bits per heavy atom. The summed E-state index contributed by atoms with van der Waals surface area (Å²) in [4.78, 5) is 9.31. The van der Waals surface area contributed by atoms with Crippen molar-refractivity contribution in [1.82, 2.24) is 0 Å². The van der Waals surface area contributed by atoms with Crippen LogP contribution in [0.1, 0.15) is 0 Å². The number of nitro benzene ring substituents is 1. The van der Waals surface area contributed by atoms with Gasteiger partial charge in [0.15, 0.2) is 5.75 Å². The standard InChI is InChI=1S/C6H6N2O5/c7-2-1-3(8(12)13)5(10)6(11)4(2)9/h1,9-11H,7H2. The van der Waals surface area contributed by atoms with E-state index in [0.717, 1.165) is 6.07 Å². The largest absolute Gasteiger partial charge is 0.503 e. The van der Waals surface area contributed by atoms with Crippen molar-refractivity contribution in [2.24, 2.45) is 0 Å². The minimum absolute atomic E-state index is 0.373. The molecule has 0 aliphatic carbocycles. The highest BCUT2D eigenvalue weighted by molar-refractivity contribution is 5.71. The molecular formula is C6H6N2O5. The fraction of sp³-hybridized carbons (Fsp3) is 0. The molecule has 0 saturated heterocycles. The highest BCUT2D eigenvalue weighted by Gasteiger charge is 2.22. The maximum Gasteiger partial charge on any atom is 0.317 e. The van der Waals surface area contributed by atoms with E-state index in [9.17, 15) is 10.1 Å². The SMILES string of the molecule is Nc1cc([N+](=O)[O-])c(O)c(O)c1O. The zero-order valence-electron chi connectivity index (χ0n) is 6.26. The number of hydrogen-bond donors (Lipinski definition) is 4. The second kappa shape index (κ2) is 2.70. The Morgan fingerprint density at radius 1 is 1.23 bits per heavy atom. The summed E-state index contributed by atoms with van der Waals surface area (Å²) in [5.74, 6) is -2.77. The molecule has 0 unspecified atom stereocenters. The summed E-state index contributed by atoms with van der Waals surface area (Å²) in [5, 5.41) is 37.1. The third-order valence-corrected chi connectivity index (χ3v) is 1.45. The maximum atomic E-state index is 10.2. The molecule has 0 aliphatic rings. The number of phenols is 3. The van der Waals surface area contributed by atoms with Crippen molar-refractivity contribution in [3.8, 4) is 17.2 Å². The van der Waals surface area contributed by atoms with Gasteiger partial charge in [0.05, 0.1) is 10.6 Å². The molecule has 0 amide bonds. The van der Waals surface area contributed by atoms with E-state index in [1.807, 2.05) is 0 Å². The third kappa shape index (κ3) is 1.26. The second-order valence-corrected chi connectivity index (χ2v) is 2.29. The fourth-order valence-corrected chi connectivity index (χ4v) is 0.793. The summed E-state index contributed by atoms with van der Waals surface area (Å²) in [7, 11) is 0. The van der Waals surface area contributed by atoms with E-state index in [1.165, 1.54) is 0 Å².